The number of nitrogens with one attached hydrogen (secondary N) is 2. The molecule has 0 amide bonds. The molecule has 0 aliphatic carbocycles. The highest BCUT2D eigenvalue weighted by atomic mass is 31.2. The van der Waals surface area contributed by atoms with Gasteiger partial charge in [-0.05, 0) is 62.2 Å². The maximum Gasteiger partial charge on any atom is 0.338 e. The number of aryl methyl sites for hydroxylation is 2. The van der Waals surface area contributed by atoms with Gasteiger partial charge in [-0.1, -0.05) is 13.8 Å². The van der Waals surface area contributed by atoms with Crippen LogP contribution < -0.4 is 21.6 Å². The van der Waals surface area contributed by atoms with Crippen molar-refractivity contribution in [2.45, 2.75) is 47.1 Å². The van der Waals surface area contributed by atoms with Crippen LogP contribution in [0.1, 0.15) is 49.2 Å². The number of nitrogens with zero attached hydrogens (tertiary/aromatic N) is 4. The van der Waals surface area contributed by atoms with Crippen LogP contribution in [0.4, 0.5) is 10.1 Å². The third-order valence-electron chi connectivity index (χ3n) is 7.88. The summed E-state index contributed by atoms with van der Waals surface area (Å²) in [7, 11) is -0.715. The molecular formula is C29H36FN6O2P. The van der Waals surface area contributed by atoms with Gasteiger partial charge < -0.3 is 15.2 Å². The van der Waals surface area contributed by atoms with E-state index in [1.807, 2.05) is 32.0 Å². The predicted octanol–water partition coefficient (Wildman–Crippen LogP) is 4.85. The summed E-state index contributed by atoms with van der Waals surface area (Å²) in [6.45, 7) is 10.2. The van der Waals surface area contributed by atoms with E-state index in [1.54, 1.807) is 59.2 Å². The molecule has 0 spiro atoms. The van der Waals surface area contributed by atoms with Crippen molar-refractivity contribution in [1.29, 1.82) is 0 Å². The highest BCUT2D eigenvalue weighted by Gasteiger charge is 2.29. The summed E-state index contributed by atoms with van der Waals surface area (Å²) in [5.74, 6) is 0.404. The molecule has 0 bridgehead atoms. The fraction of sp³-hybridized carbons (Fsp3) is 0.379. The number of benzene rings is 2. The van der Waals surface area contributed by atoms with Crippen LogP contribution in [-0.2, 0) is 11.0 Å². The molecule has 1 aliphatic rings. The number of hydrogen-bond donors (Lipinski definition) is 2. The van der Waals surface area contributed by atoms with Crippen LogP contribution in [0.25, 0.3) is 17.2 Å². The number of hydrogen-bond acceptors (Lipinski definition) is 5. The molecule has 0 fully saturated rings. The van der Waals surface area contributed by atoms with E-state index in [-0.39, 0.29) is 17.5 Å². The van der Waals surface area contributed by atoms with Crippen LogP contribution in [0.2, 0.25) is 0 Å². The van der Waals surface area contributed by atoms with Gasteiger partial charge in [0.1, 0.15) is 18.8 Å². The molecule has 4 aromatic rings. The molecule has 8 nitrogen and oxygen atoms in total. The van der Waals surface area contributed by atoms with Gasteiger partial charge in [0.05, 0.1) is 17.1 Å². The number of anilines is 1. The van der Waals surface area contributed by atoms with Gasteiger partial charge in [0.15, 0.2) is 0 Å². The standard InChI is InChI=1S/C29H36FN6O2P/c1-7-39(38,8-2)25-10-9-21(17-24(25)31-6)34-13-14-35(29(34)37)28-26-20(5)32-12-11-23(26)33-36(28)22-15-18(3)27(30)19(4)16-22/h9-10,13-17,20,31-32H,7-8,11-12H2,1-6H3. The summed E-state index contributed by atoms with van der Waals surface area (Å²) in [6.07, 6.45) is 5.38. The zero-order valence-corrected chi connectivity index (χ0v) is 24.3. The molecule has 1 aliphatic heterocycles. The van der Waals surface area contributed by atoms with E-state index in [0.29, 0.717) is 40.6 Å². The Morgan fingerprint density at radius 2 is 1.74 bits per heavy atom. The molecule has 10 heteroatoms. The first-order valence-corrected chi connectivity index (χ1v) is 15.5. The first kappa shape index (κ1) is 27.2. The second-order valence-electron chi connectivity index (χ2n) is 10.2. The van der Waals surface area contributed by atoms with Gasteiger partial charge in [-0.25, -0.2) is 13.9 Å². The topological polar surface area (TPSA) is 85.9 Å². The lowest BCUT2D eigenvalue weighted by molar-refractivity contribution is 0.536. The normalized spacial score (nSPS) is 15.4. The van der Waals surface area contributed by atoms with Crippen molar-refractivity contribution in [2.75, 3.05) is 31.2 Å². The largest absolute Gasteiger partial charge is 0.387 e. The minimum absolute atomic E-state index is 0.0113. The lowest BCUT2D eigenvalue weighted by Crippen LogP contribution is -2.30. The fourth-order valence-corrected chi connectivity index (χ4v) is 7.68. The first-order valence-electron chi connectivity index (χ1n) is 13.5. The monoisotopic (exact) mass is 550 g/mol. The Kier molecular flexibility index (Phi) is 7.16. The Balaban J connectivity index is 1.69. The zero-order chi connectivity index (χ0) is 28.1. The highest BCUT2D eigenvalue weighted by Crippen LogP contribution is 2.45. The highest BCUT2D eigenvalue weighted by molar-refractivity contribution is 7.71. The molecule has 2 aromatic heterocycles. The Labute approximate surface area is 228 Å². The predicted molar refractivity (Wildman–Crippen MR) is 156 cm³/mol. The molecule has 39 heavy (non-hydrogen) atoms. The second-order valence-corrected chi connectivity index (χ2v) is 13.7. The van der Waals surface area contributed by atoms with E-state index in [0.717, 1.165) is 35.2 Å². The van der Waals surface area contributed by atoms with Crippen LogP contribution in [0, 0.1) is 19.7 Å². The van der Waals surface area contributed by atoms with E-state index in [4.69, 9.17) is 5.10 Å². The van der Waals surface area contributed by atoms with Crippen molar-refractivity contribution in [3.63, 3.8) is 0 Å². The minimum atomic E-state index is -2.52. The van der Waals surface area contributed by atoms with Crippen molar-refractivity contribution in [3.05, 3.63) is 81.4 Å². The zero-order valence-electron chi connectivity index (χ0n) is 23.4. The number of aromatic nitrogens is 4. The van der Waals surface area contributed by atoms with Crippen molar-refractivity contribution in [1.82, 2.24) is 24.2 Å². The van der Waals surface area contributed by atoms with E-state index >= 15 is 0 Å². The van der Waals surface area contributed by atoms with Crippen molar-refractivity contribution >= 4 is 18.1 Å². The maximum absolute atomic E-state index is 14.5. The van der Waals surface area contributed by atoms with E-state index in [1.165, 1.54) is 0 Å². The Bertz CT molecular complexity index is 1640. The summed E-state index contributed by atoms with van der Waals surface area (Å²) >= 11 is 0. The molecule has 1 atom stereocenters. The van der Waals surface area contributed by atoms with E-state index in [9.17, 15) is 13.8 Å². The van der Waals surface area contributed by atoms with Gasteiger partial charge in [-0.15, -0.1) is 0 Å². The van der Waals surface area contributed by atoms with Crippen LogP contribution in [-0.4, -0.2) is 44.8 Å². The van der Waals surface area contributed by atoms with Crippen molar-refractivity contribution < 1.29 is 8.96 Å². The molecule has 1 unspecified atom stereocenters. The molecule has 2 aromatic carbocycles. The van der Waals surface area contributed by atoms with Crippen LogP contribution in [0.3, 0.4) is 0 Å². The lowest BCUT2D eigenvalue weighted by atomic mass is 10.0. The van der Waals surface area contributed by atoms with E-state index < -0.39 is 7.14 Å². The maximum atomic E-state index is 14.5. The SMILES string of the molecule is CCP(=O)(CC)c1ccc(-n2ccn(-c3c4c(nn3-c3cc(C)c(F)c(C)c3)CCNC4C)c2=O)cc1NC. The van der Waals surface area contributed by atoms with Crippen molar-refractivity contribution in [2.24, 2.45) is 0 Å². The van der Waals surface area contributed by atoms with Crippen LogP contribution in [0.5, 0.6) is 0 Å². The Hall–Kier alpha value is -3.42. The second kappa shape index (κ2) is 10.3. The molecule has 206 valence electrons. The number of halogens is 1. The lowest BCUT2D eigenvalue weighted by Gasteiger charge is -2.21. The quantitative estimate of drug-likeness (QED) is 0.322. The van der Waals surface area contributed by atoms with Gasteiger partial charge in [-0.3, -0.25) is 9.13 Å². The summed E-state index contributed by atoms with van der Waals surface area (Å²) in [6, 6.07) is 9.12. The molecule has 0 saturated carbocycles. The summed E-state index contributed by atoms with van der Waals surface area (Å²) in [5, 5.41) is 12.4. The van der Waals surface area contributed by atoms with Gasteiger partial charge in [0.2, 0.25) is 0 Å². The average molecular weight is 551 g/mol. The molecule has 3 heterocycles. The van der Waals surface area contributed by atoms with Crippen molar-refractivity contribution in [3.8, 4) is 17.2 Å². The number of imidazole rings is 1. The number of fused-ring (bicyclic) bond motifs is 1. The molecule has 2 N–H and O–H groups in total. The molecule has 5 rings (SSSR count). The Morgan fingerprint density at radius 3 is 2.38 bits per heavy atom. The van der Waals surface area contributed by atoms with E-state index in [2.05, 4.69) is 17.6 Å². The average Bonchev–Trinajstić information content (AvgIpc) is 3.51. The summed E-state index contributed by atoms with van der Waals surface area (Å²) < 4.78 is 32.9. The van der Waals surface area contributed by atoms with Crippen LogP contribution >= 0.6 is 7.14 Å². The summed E-state index contributed by atoms with van der Waals surface area (Å²) in [5.41, 5.74) is 4.82. The van der Waals surface area contributed by atoms with Gasteiger partial charge in [0, 0.05) is 67.3 Å². The van der Waals surface area contributed by atoms with Crippen LogP contribution in [0.15, 0.2) is 47.5 Å². The van der Waals surface area contributed by atoms with Gasteiger partial charge in [0.25, 0.3) is 0 Å². The third-order valence-corrected chi connectivity index (χ3v) is 11.2. The smallest absolute Gasteiger partial charge is 0.338 e. The van der Waals surface area contributed by atoms with Gasteiger partial charge in [-0.2, -0.15) is 5.10 Å². The first-order chi connectivity index (χ1) is 18.6. The molecule has 0 radical (unpaired) electrons. The minimum Gasteiger partial charge on any atom is -0.387 e. The third kappa shape index (κ3) is 4.47. The Morgan fingerprint density at radius 1 is 1.08 bits per heavy atom. The summed E-state index contributed by atoms with van der Waals surface area (Å²) in [4.78, 5) is 14.0. The fourth-order valence-electron chi connectivity index (χ4n) is 5.59. The molecular weight excluding hydrogens is 514 g/mol. The molecule has 0 saturated heterocycles. The van der Waals surface area contributed by atoms with Gasteiger partial charge >= 0.3 is 5.69 Å². The number of rotatable bonds is 7.